The van der Waals surface area contributed by atoms with E-state index >= 15 is 0 Å². The van der Waals surface area contributed by atoms with Gasteiger partial charge in [-0.2, -0.15) is 0 Å². The predicted octanol–water partition coefficient (Wildman–Crippen LogP) is 4.09. The van der Waals surface area contributed by atoms with Crippen molar-refractivity contribution < 1.29 is 0 Å². The van der Waals surface area contributed by atoms with Gasteiger partial charge in [-0.25, -0.2) is 0 Å². The molecule has 0 unspecified atom stereocenters. The van der Waals surface area contributed by atoms with Gasteiger partial charge in [0.05, 0.1) is 5.69 Å². The average molecular weight is 246 g/mol. The van der Waals surface area contributed by atoms with E-state index < -0.39 is 0 Å². The van der Waals surface area contributed by atoms with Gasteiger partial charge in [-0.05, 0) is 50.7 Å². The summed E-state index contributed by atoms with van der Waals surface area (Å²) in [6.45, 7) is 4.52. The summed E-state index contributed by atoms with van der Waals surface area (Å²) in [6, 6.07) is 7.22. The second-order valence-corrected chi connectivity index (χ2v) is 5.65. The van der Waals surface area contributed by atoms with Crippen LogP contribution in [-0.2, 0) is 0 Å². The molecule has 2 nitrogen and oxygen atoms in total. The Balaban J connectivity index is 1.78. The molecule has 2 rings (SSSR count). The van der Waals surface area contributed by atoms with Gasteiger partial charge in [-0.3, -0.25) is 4.98 Å². The Morgan fingerprint density at radius 2 is 2.06 bits per heavy atom. The molecule has 0 radical (unpaired) electrons. The second-order valence-electron chi connectivity index (χ2n) is 5.65. The zero-order chi connectivity index (χ0) is 12.8. The van der Waals surface area contributed by atoms with Crippen molar-refractivity contribution in [1.29, 1.82) is 0 Å². The molecule has 0 bridgehead atoms. The first-order chi connectivity index (χ1) is 8.79. The van der Waals surface area contributed by atoms with Crippen molar-refractivity contribution in [2.75, 3.05) is 0 Å². The number of hydrogen-bond donors (Lipinski definition) is 1. The van der Waals surface area contributed by atoms with Crippen LogP contribution in [0, 0.1) is 5.92 Å². The van der Waals surface area contributed by atoms with Crippen molar-refractivity contribution in [3.05, 3.63) is 30.1 Å². The van der Waals surface area contributed by atoms with Gasteiger partial charge in [-0.1, -0.05) is 25.8 Å². The molecule has 1 N–H and O–H groups in total. The molecule has 0 amide bonds. The van der Waals surface area contributed by atoms with Crippen molar-refractivity contribution in [2.24, 2.45) is 5.92 Å². The summed E-state index contributed by atoms with van der Waals surface area (Å²) in [5, 5.41) is 3.74. The topological polar surface area (TPSA) is 24.9 Å². The van der Waals surface area contributed by atoms with Crippen molar-refractivity contribution in [1.82, 2.24) is 10.3 Å². The van der Waals surface area contributed by atoms with E-state index in [1.54, 1.807) is 0 Å². The lowest BCUT2D eigenvalue weighted by molar-refractivity contribution is 0.265. The Kier molecular flexibility index (Phi) is 5.18. The number of rotatable bonds is 5. The molecule has 1 aromatic heterocycles. The molecule has 100 valence electrons. The summed E-state index contributed by atoms with van der Waals surface area (Å²) < 4.78 is 0. The van der Waals surface area contributed by atoms with E-state index in [1.165, 1.54) is 38.5 Å². The van der Waals surface area contributed by atoms with Crippen LogP contribution >= 0.6 is 0 Å². The molecule has 0 aliphatic heterocycles. The van der Waals surface area contributed by atoms with E-state index in [2.05, 4.69) is 36.3 Å². The lowest BCUT2D eigenvalue weighted by Crippen LogP contribution is -2.35. The highest BCUT2D eigenvalue weighted by atomic mass is 15.0. The molecule has 0 saturated heterocycles. The van der Waals surface area contributed by atoms with E-state index in [0.29, 0.717) is 12.1 Å². The molecule has 1 saturated carbocycles. The minimum absolute atomic E-state index is 0.374. The highest BCUT2D eigenvalue weighted by molar-refractivity contribution is 5.07. The van der Waals surface area contributed by atoms with E-state index in [9.17, 15) is 0 Å². The van der Waals surface area contributed by atoms with Crippen LogP contribution in [0.5, 0.6) is 0 Å². The quantitative estimate of drug-likeness (QED) is 0.846. The average Bonchev–Trinajstić information content (AvgIpc) is 2.42. The second kappa shape index (κ2) is 6.89. The van der Waals surface area contributed by atoms with Crippen LogP contribution in [-0.4, -0.2) is 11.0 Å². The predicted molar refractivity (Wildman–Crippen MR) is 76.4 cm³/mol. The van der Waals surface area contributed by atoms with Crippen LogP contribution in [0.1, 0.15) is 64.1 Å². The van der Waals surface area contributed by atoms with Crippen LogP contribution in [0.15, 0.2) is 24.4 Å². The molecule has 1 heterocycles. The first-order valence-electron chi connectivity index (χ1n) is 7.46. The van der Waals surface area contributed by atoms with E-state index in [1.807, 2.05) is 12.3 Å². The smallest absolute Gasteiger partial charge is 0.0570 e. The molecule has 1 aliphatic carbocycles. The normalized spacial score (nSPS) is 25.9. The third-order valence-electron chi connectivity index (χ3n) is 4.16. The van der Waals surface area contributed by atoms with E-state index in [4.69, 9.17) is 0 Å². The monoisotopic (exact) mass is 246 g/mol. The number of pyridine rings is 1. The Morgan fingerprint density at radius 1 is 1.28 bits per heavy atom. The summed E-state index contributed by atoms with van der Waals surface area (Å²) in [5.41, 5.74) is 1.16. The molecule has 1 atom stereocenters. The maximum absolute atomic E-state index is 4.43. The Morgan fingerprint density at radius 3 is 2.67 bits per heavy atom. The zero-order valence-electron chi connectivity index (χ0n) is 11.7. The first-order valence-corrected chi connectivity index (χ1v) is 7.46. The summed E-state index contributed by atoms with van der Waals surface area (Å²) in [7, 11) is 0. The highest BCUT2D eigenvalue weighted by Gasteiger charge is 2.22. The fourth-order valence-corrected chi connectivity index (χ4v) is 3.10. The molecule has 1 aliphatic rings. The van der Waals surface area contributed by atoms with E-state index in [0.717, 1.165) is 11.6 Å². The van der Waals surface area contributed by atoms with E-state index in [-0.39, 0.29) is 0 Å². The van der Waals surface area contributed by atoms with Crippen LogP contribution < -0.4 is 5.32 Å². The number of aromatic nitrogens is 1. The summed E-state index contributed by atoms with van der Waals surface area (Å²) in [5.74, 6) is 0.984. The minimum Gasteiger partial charge on any atom is -0.306 e. The molecule has 1 aromatic rings. The lowest BCUT2D eigenvalue weighted by Gasteiger charge is -2.31. The van der Waals surface area contributed by atoms with Crippen LogP contribution in [0.25, 0.3) is 0 Å². The van der Waals surface area contributed by atoms with Crippen molar-refractivity contribution in [3.8, 4) is 0 Å². The van der Waals surface area contributed by atoms with Crippen molar-refractivity contribution >= 4 is 0 Å². The molecular weight excluding hydrogens is 220 g/mol. The number of nitrogens with zero attached hydrogens (tertiary/aromatic N) is 1. The van der Waals surface area contributed by atoms with Gasteiger partial charge < -0.3 is 5.32 Å². The third kappa shape index (κ3) is 3.81. The first kappa shape index (κ1) is 13.5. The largest absolute Gasteiger partial charge is 0.306 e. The fraction of sp³-hybridized carbons (Fsp3) is 0.688. The highest BCUT2D eigenvalue weighted by Crippen LogP contribution is 2.28. The maximum Gasteiger partial charge on any atom is 0.0570 e. The summed E-state index contributed by atoms with van der Waals surface area (Å²) >= 11 is 0. The SMILES string of the molecule is CCCC1CCC(N[C@H](C)c2ccccn2)CC1. The maximum atomic E-state index is 4.43. The molecular formula is C16H26N2. The summed E-state index contributed by atoms with van der Waals surface area (Å²) in [6.07, 6.45) is 10.1. The standard InChI is InChI=1S/C16H26N2/c1-3-6-14-8-10-15(11-9-14)18-13(2)16-7-4-5-12-17-16/h4-5,7,12-15,18H,3,6,8-11H2,1-2H3/t13-,14?,15?/m1/s1. The van der Waals surface area contributed by atoms with Gasteiger partial charge in [-0.15, -0.1) is 0 Å². The molecule has 0 spiro atoms. The Bertz CT molecular complexity index is 328. The molecule has 18 heavy (non-hydrogen) atoms. The van der Waals surface area contributed by atoms with Crippen molar-refractivity contribution in [2.45, 2.75) is 64.5 Å². The lowest BCUT2D eigenvalue weighted by atomic mass is 9.83. The van der Waals surface area contributed by atoms with Crippen LogP contribution in [0.3, 0.4) is 0 Å². The summed E-state index contributed by atoms with van der Waals surface area (Å²) in [4.78, 5) is 4.43. The van der Waals surface area contributed by atoms with Crippen LogP contribution in [0.2, 0.25) is 0 Å². The Hall–Kier alpha value is -0.890. The fourth-order valence-electron chi connectivity index (χ4n) is 3.10. The van der Waals surface area contributed by atoms with Gasteiger partial charge in [0.2, 0.25) is 0 Å². The third-order valence-corrected chi connectivity index (χ3v) is 4.16. The molecule has 2 heteroatoms. The van der Waals surface area contributed by atoms with Gasteiger partial charge >= 0.3 is 0 Å². The van der Waals surface area contributed by atoms with Gasteiger partial charge in [0.1, 0.15) is 0 Å². The Labute approximate surface area is 111 Å². The molecule has 1 fully saturated rings. The number of nitrogens with one attached hydrogen (secondary N) is 1. The van der Waals surface area contributed by atoms with Gasteiger partial charge in [0, 0.05) is 18.3 Å². The van der Waals surface area contributed by atoms with Crippen molar-refractivity contribution in [3.63, 3.8) is 0 Å². The van der Waals surface area contributed by atoms with Gasteiger partial charge in [0.15, 0.2) is 0 Å². The zero-order valence-corrected chi connectivity index (χ0v) is 11.7. The molecule has 0 aromatic carbocycles. The van der Waals surface area contributed by atoms with Crippen LogP contribution in [0.4, 0.5) is 0 Å². The van der Waals surface area contributed by atoms with Gasteiger partial charge in [0.25, 0.3) is 0 Å². The minimum atomic E-state index is 0.374. The number of hydrogen-bond acceptors (Lipinski definition) is 2.